The zero-order valence-electron chi connectivity index (χ0n) is 12.7. The van der Waals surface area contributed by atoms with Gasteiger partial charge in [-0.15, -0.1) is 0 Å². The first-order valence-corrected chi connectivity index (χ1v) is 7.48. The third kappa shape index (κ3) is 4.99. The highest BCUT2D eigenvalue weighted by Crippen LogP contribution is 2.19. The third-order valence-electron chi connectivity index (χ3n) is 3.55. The van der Waals surface area contributed by atoms with E-state index in [1.54, 1.807) is 4.90 Å². The van der Waals surface area contributed by atoms with E-state index in [0.717, 1.165) is 31.7 Å². The number of carbonyl (C=O) groups is 1. The van der Waals surface area contributed by atoms with Crippen LogP contribution in [-0.2, 0) is 4.74 Å². The van der Waals surface area contributed by atoms with Crippen molar-refractivity contribution in [1.82, 2.24) is 4.90 Å². The summed E-state index contributed by atoms with van der Waals surface area (Å²) < 4.78 is 11.0. The standard InChI is InChI=1S/C16H22BNO3/c1-12(2)21-16(19)18-8-6-13(7-9-18)11-20-15-5-3-4-14(17)10-15/h3-5,10,12-13H,6-9,11H2,1-2H3. The van der Waals surface area contributed by atoms with Crippen molar-refractivity contribution in [2.45, 2.75) is 32.8 Å². The Kier molecular flexibility index (Phi) is 5.54. The quantitative estimate of drug-likeness (QED) is 0.796. The highest BCUT2D eigenvalue weighted by molar-refractivity contribution is 6.32. The number of likely N-dealkylation sites (tertiary alicyclic amines) is 1. The number of piperidine rings is 1. The minimum absolute atomic E-state index is 0.0675. The van der Waals surface area contributed by atoms with Gasteiger partial charge in [0.05, 0.1) is 12.7 Å². The molecule has 0 N–H and O–H groups in total. The molecule has 5 heteroatoms. The molecule has 2 rings (SSSR count). The maximum absolute atomic E-state index is 11.8. The summed E-state index contributed by atoms with van der Waals surface area (Å²) >= 11 is 0. The SMILES string of the molecule is [B]c1cccc(OCC2CCN(C(=O)OC(C)C)CC2)c1. The summed E-state index contributed by atoms with van der Waals surface area (Å²) in [4.78, 5) is 13.6. The van der Waals surface area contributed by atoms with E-state index in [1.165, 1.54) is 0 Å². The molecule has 0 aliphatic carbocycles. The fraction of sp³-hybridized carbons (Fsp3) is 0.562. The molecule has 0 saturated carbocycles. The highest BCUT2D eigenvalue weighted by Gasteiger charge is 2.24. The molecule has 1 heterocycles. The maximum Gasteiger partial charge on any atom is 0.410 e. The molecular formula is C16H22BNO3. The molecule has 4 nitrogen and oxygen atoms in total. The van der Waals surface area contributed by atoms with Crippen molar-refractivity contribution >= 4 is 19.4 Å². The van der Waals surface area contributed by atoms with Crippen LogP contribution in [-0.4, -0.2) is 44.6 Å². The second kappa shape index (κ2) is 7.39. The van der Waals surface area contributed by atoms with E-state index < -0.39 is 0 Å². The van der Waals surface area contributed by atoms with Gasteiger partial charge in [0.1, 0.15) is 13.6 Å². The van der Waals surface area contributed by atoms with E-state index in [4.69, 9.17) is 17.3 Å². The molecule has 112 valence electrons. The smallest absolute Gasteiger partial charge is 0.410 e. The van der Waals surface area contributed by atoms with Gasteiger partial charge < -0.3 is 14.4 Å². The molecule has 1 aliphatic rings. The van der Waals surface area contributed by atoms with Crippen molar-refractivity contribution in [2.24, 2.45) is 5.92 Å². The summed E-state index contributed by atoms with van der Waals surface area (Å²) in [6, 6.07) is 7.46. The van der Waals surface area contributed by atoms with Crippen LogP contribution in [0.5, 0.6) is 5.75 Å². The van der Waals surface area contributed by atoms with Crippen molar-refractivity contribution in [3.63, 3.8) is 0 Å². The Hall–Kier alpha value is -1.65. The molecule has 0 unspecified atom stereocenters. The minimum Gasteiger partial charge on any atom is -0.493 e. The topological polar surface area (TPSA) is 38.8 Å². The summed E-state index contributed by atoms with van der Waals surface area (Å²) in [5.74, 6) is 1.27. The van der Waals surface area contributed by atoms with Crippen molar-refractivity contribution in [2.75, 3.05) is 19.7 Å². The predicted molar refractivity (Wildman–Crippen MR) is 83.2 cm³/mol. The monoisotopic (exact) mass is 287 g/mol. The van der Waals surface area contributed by atoms with Crippen molar-refractivity contribution in [3.05, 3.63) is 24.3 Å². The first-order valence-electron chi connectivity index (χ1n) is 7.48. The Morgan fingerprint density at radius 2 is 2.10 bits per heavy atom. The van der Waals surface area contributed by atoms with Gasteiger partial charge in [-0.25, -0.2) is 4.79 Å². The molecule has 1 amide bonds. The second-order valence-corrected chi connectivity index (χ2v) is 5.75. The number of nitrogens with zero attached hydrogens (tertiary/aromatic N) is 1. The van der Waals surface area contributed by atoms with E-state index in [2.05, 4.69) is 0 Å². The van der Waals surface area contributed by atoms with Crippen LogP contribution >= 0.6 is 0 Å². The van der Waals surface area contributed by atoms with Crippen LogP contribution in [0.4, 0.5) is 4.79 Å². The second-order valence-electron chi connectivity index (χ2n) is 5.75. The average molecular weight is 287 g/mol. The largest absolute Gasteiger partial charge is 0.493 e. The molecule has 0 bridgehead atoms. The van der Waals surface area contributed by atoms with Crippen LogP contribution in [0.2, 0.25) is 0 Å². The summed E-state index contributed by atoms with van der Waals surface area (Å²) in [5.41, 5.74) is 0.707. The van der Waals surface area contributed by atoms with E-state index in [-0.39, 0.29) is 12.2 Å². The lowest BCUT2D eigenvalue weighted by atomic mass is 9.96. The van der Waals surface area contributed by atoms with Crippen LogP contribution in [0.3, 0.4) is 0 Å². The summed E-state index contributed by atoms with van der Waals surface area (Å²) in [6.07, 6.45) is 1.60. The van der Waals surface area contributed by atoms with E-state index in [1.807, 2.05) is 38.1 Å². The lowest BCUT2D eigenvalue weighted by molar-refractivity contribution is 0.0608. The Bertz CT molecular complexity index is 470. The van der Waals surface area contributed by atoms with Crippen LogP contribution < -0.4 is 10.2 Å². The van der Waals surface area contributed by atoms with E-state index in [9.17, 15) is 4.79 Å². The van der Waals surface area contributed by atoms with Gasteiger partial charge in [0.2, 0.25) is 0 Å². The molecule has 0 aromatic heterocycles. The van der Waals surface area contributed by atoms with E-state index in [0.29, 0.717) is 18.0 Å². The number of rotatable bonds is 4. The third-order valence-corrected chi connectivity index (χ3v) is 3.55. The molecule has 1 saturated heterocycles. The fourth-order valence-electron chi connectivity index (χ4n) is 2.38. The summed E-state index contributed by atoms with van der Waals surface area (Å²) in [5, 5.41) is 0. The van der Waals surface area contributed by atoms with Gasteiger partial charge in [-0.3, -0.25) is 0 Å². The average Bonchev–Trinajstić information content (AvgIpc) is 2.45. The van der Waals surface area contributed by atoms with Crippen molar-refractivity contribution in [1.29, 1.82) is 0 Å². The molecule has 1 aliphatic heterocycles. The summed E-state index contributed by atoms with van der Waals surface area (Å²) in [7, 11) is 5.72. The lowest BCUT2D eigenvalue weighted by Gasteiger charge is -2.31. The van der Waals surface area contributed by atoms with Gasteiger partial charge in [-0.2, -0.15) is 0 Å². The van der Waals surface area contributed by atoms with Crippen molar-refractivity contribution in [3.8, 4) is 5.75 Å². The van der Waals surface area contributed by atoms with Crippen molar-refractivity contribution < 1.29 is 14.3 Å². The number of benzene rings is 1. The van der Waals surface area contributed by atoms with Gasteiger partial charge in [-0.05, 0) is 44.7 Å². The minimum atomic E-state index is -0.208. The zero-order valence-corrected chi connectivity index (χ0v) is 12.7. The van der Waals surface area contributed by atoms with Gasteiger partial charge >= 0.3 is 6.09 Å². The van der Waals surface area contributed by atoms with Gasteiger partial charge in [0.25, 0.3) is 0 Å². The van der Waals surface area contributed by atoms with Gasteiger partial charge in [0, 0.05) is 13.1 Å². The highest BCUT2D eigenvalue weighted by atomic mass is 16.6. The van der Waals surface area contributed by atoms with Gasteiger partial charge in [0.15, 0.2) is 0 Å². The Morgan fingerprint density at radius 3 is 2.71 bits per heavy atom. The lowest BCUT2D eigenvalue weighted by Crippen LogP contribution is -2.40. The molecule has 0 spiro atoms. The Labute approximate surface area is 127 Å². The van der Waals surface area contributed by atoms with Crippen LogP contribution in [0.15, 0.2) is 24.3 Å². The van der Waals surface area contributed by atoms with Crippen LogP contribution in [0.1, 0.15) is 26.7 Å². The predicted octanol–water partition coefficient (Wildman–Crippen LogP) is 2.12. The fourth-order valence-corrected chi connectivity index (χ4v) is 2.38. The number of hydrogen-bond acceptors (Lipinski definition) is 3. The Balaban J connectivity index is 1.73. The molecule has 2 radical (unpaired) electrons. The number of hydrogen-bond donors (Lipinski definition) is 0. The molecule has 1 aromatic carbocycles. The molecule has 1 fully saturated rings. The van der Waals surface area contributed by atoms with Crippen LogP contribution in [0, 0.1) is 5.92 Å². The van der Waals surface area contributed by atoms with Gasteiger partial charge in [-0.1, -0.05) is 17.6 Å². The molecule has 21 heavy (non-hydrogen) atoms. The number of amides is 1. The first-order chi connectivity index (χ1) is 10.0. The summed E-state index contributed by atoms with van der Waals surface area (Å²) in [6.45, 7) is 5.86. The molecule has 0 atom stereocenters. The number of ether oxygens (including phenoxy) is 2. The molecule has 1 aromatic rings. The number of carbonyl (C=O) groups excluding carboxylic acids is 1. The van der Waals surface area contributed by atoms with E-state index >= 15 is 0 Å². The van der Waals surface area contributed by atoms with Crippen LogP contribution in [0.25, 0.3) is 0 Å². The zero-order chi connectivity index (χ0) is 15.2. The normalized spacial score (nSPS) is 16.0. The molecular weight excluding hydrogens is 265 g/mol. The maximum atomic E-state index is 11.8. The first kappa shape index (κ1) is 15.7. The Morgan fingerprint density at radius 1 is 1.38 bits per heavy atom.